The van der Waals surface area contributed by atoms with Gasteiger partial charge in [0.1, 0.15) is 0 Å². The lowest BCUT2D eigenvalue weighted by Crippen LogP contribution is -2.14. The van der Waals surface area contributed by atoms with E-state index in [0.717, 1.165) is 0 Å². The summed E-state index contributed by atoms with van der Waals surface area (Å²) in [4.78, 5) is 22.3. The van der Waals surface area contributed by atoms with Gasteiger partial charge in [-0.25, -0.2) is 0 Å². The second-order valence-electron chi connectivity index (χ2n) is 3.64. The Kier molecular flexibility index (Phi) is 3.94. The van der Waals surface area contributed by atoms with E-state index in [4.69, 9.17) is 5.41 Å². The van der Waals surface area contributed by atoms with Gasteiger partial charge in [0.2, 0.25) is 5.91 Å². The van der Waals surface area contributed by atoms with Crippen LogP contribution >= 0.6 is 0 Å². The molecular formula is C12H14N2O2. The number of Topliss-reactive ketones (excluding diaryl/α,β-unsaturated/α-hetero) is 1. The molecule has 4 heteroatoms. The number of amides is 1. The highest BCUT2D eigenvalue weighted by molar-refractivity contribution is 6.04. The number of carbonyl (C=O) groups is 2. The molecule has 0 fully saturated rings. The van der Waals surface area contributed by atoms with Crippen LogP contribution in [-0.2, 0) is 4.79 Å². The van der Waals surface area contributed by atoms with Gasteiger partial charge in [-0.3, -0.25) is 9.59 Å². The number of anilines is 1. The monoisotopic (exact) mass is 218 g/mol. The Morgan fingerprint density at radius 2 is 1.75 bits per heavy atom. The molecule has 1 aromatic rings. The summed E-state index contributed by atoms with van der Waals surface area (Å²) in [7, 11) is 0. The lowest BCUT2D eigenvalue weighted by Gasteiger charge is -2.04. The summed E-state index contributed by atoms with van der Waals surface area (Å²) >= 11 is 0. The molecule has 0 saturated carbocycles. The van der Waals surface area contributed by atoms with Gasteiger partial charge in [0.25, 0.3) is 0 Å². The highest BCUT2D eigenvalue weighted by Gasteiger charge is 2.04. The summed E-state index contributed by atoms with van der Waals surface area (Å²) in [5.74, 6) is -0.226. The fraction of sp³-hybridized carbons (Fsp3) is 0.250. The molecular weight excluding hydrogens is 204 g/mol. The van der Waals surface area contributed by atoms with E-state index in [9.17, 15) is 9.59 Å². The Bertz CT molecular complexity index is 421. The normalized spacial score (nSPS) is 9.62. The molecule has 16 heavy (non-hydrogen) atoms. The minimum absolute atomic E-state index is 0.00628. The van der Waals surface area contributed by atoms with Gasteiger partial charge < -0.3 is 10.7 Å². The van der Waals surface area contributed by atoms with Crippen molar-refractivity contribution >= 4 is 23.1 Å². The molecule has 4 nitrogen and oxygen atoms in total. The predicted molar refractivity (Wildman–Crippen MR) is 63.1 cm³/mol. The summed E-state index contributed by atoms with van der Waals surface area (Å²) in [6.45, 7) is 3.07. The zero-order valence-corrected chi connectivity index (χ0v) is 9.33. The van der Waals surface area contributed by atoms with Gasteiger partial charge in [0, 0.05) is 17.0 Å². The van der Waals surface area contributed by atoms with Crippen LogP contribution in [0.25, 0.3) is 0 Å². The molecule has 84 valence electrons. The Labute approximate surface area is 94.2 Å². The number of carbonyl (C=O) groups excluding carboxylic acids is 2. The predicted octanol–water partition coefficient (Wildman–Crippen LogP) is 2.26. The molecule has 1 amide bonds. The Hall–Kier alpha value is -1.97. The van der Waals surface area contributed by atoms with Crippen LogP contribution in [0, 0.1) is 5.41 Å². The van der Waals surface area contributed by atoms with Gasteiger partial charge in [-0.05, 0) is 38.1 Å². The lowest BCUT2D eigenvalue weighted by molar-refractivity contribution is -0.115. The average molecular weight is 218 g/mol. The van der Waals surface area contributed by atoms with Crippen LogP contribution < -0.4 is 5.32 Å². The topological polar surface area (TPSA) is 70.0 Å². The zero-order valence-electron chi connectivity index (χ0n) is 9.33. The van der Waals surface area contributed by atoms with Crippen molar-refractivity contribution in [2.75, 3.05) is 5.32 Å². The van der Waals surface area contributed by atoms with Crippen molar-refractivity contribution in [3.8, 4) is 0 Å². The molecule has 0 aromatic heterocycles. The third-order valence-electron chi connectivity index (χ3n) is 2.00. The first kappa shape index (κ1) is 12.1. The van der Waals surface area contributed by atoms with E-state index in [1.165, 1.54) is 6.92 Å². The van der Waals surface area contributed by atoms with Crippen LogP contribution in [0.2, 0.25) is 0 Å². The second kappa shape index (κ2) is 5.21. The quantitative estimate of drug-likeness (QED) is 0.601. The highest BCUT2D eigenvalue weighted by atomic mass is 16.1. The molecule has 1 aromatic carbocycles. The van der Waals surface area contributed by atoms with Crippen molar-refractivity contribution in [2.24, 2.45) is 0 Å². The van der Waals surface area contributed by atoms with Crippen molar-refractivity contribution < 1.29 is 9.59 Å². The Morgan fingerprint density at radius 1 is 1.19 bits per heavy atom. The molecule has 0 atom stereocenters. The maximum atomic E-state index is 11.3. The van der Waals surface area contributed by atoms with E-state index >= 15 is 0 Å². The standard InChI is InChI=1S/C12H14N2O2/c1-8(13)7-12(16)14-11-5-3-10(4-6-11)9(2)15/h3-6,13H,7H2,1-2H3,(H,14,16). The molecule has 2 N–H and O–H groups in total. The van der Waals surface area contributed by atoms with Gasteiger partial charge in [-0.2, -0.15) is 0 Å². The third kappa shape index (κ3) is 3.65. The molecule has 0 aliphatic carbocycles. The Balaban J connectivity index is 2.65. The van der Waals surface area contributed by atoms with Crippen molar-refractivity contribution in [1.82, 2.24) is 0 Å². The van der Waals surface area contributed by atoms with E-state index in [1.807, 2.05) is 0 Å². The van der Waals surface area contributed by atoms with E-state index < -0.39 is 0 Å². The maximum Gasteiger partial charge on any atom is 0.230 e. The molecule has 0 spiro atoms. The van der Waals surface area contributed by atoms with Crippen LogP contribution in [0.5, 0.6) is 0 Å². The van der Waals surface area contributed by atoms with Crippen LogP contribution in [0.15, 0.2) is 24.3 Å². The minimum Gasteiger partial charge on any atom is -0.326 e. The fourth-order valence-corrected chi connectivity index (χ4v) is 1.23. The second-order valence-corrected chi connectivity index (χ2v) is 3.64. The molecule has 1 rings (SSSR count). The fourth-order valence-electron chi connectivity index (χ4n) is 1.23. The van der Waals surface area contributed by atoms with Crippen molar-refractivity contribution in [3.05, 3.63) is 29.8 Å². The van der Waals surface area contributed by atoms with Gasteiger partial charge in [-0.15, -0.1) is 0 Å². The lowest BCUT2D eigenvalue weighted by atomic mass is 10.1. The smallest absolute Gasteiger partial charge is 0.230 e. The number of benzene rings is 1. The van der Waals surface area contributed by atoms with Crippen molar-refractivity contribution in [2.45, 2.75) is 20.3 Å². The van der Waals surface area contributed by atoms with Crippen LogP contribution in [0.1, 0.15) is 30.6 Å². The SMILES string of the molecule is CC(=N)CC(=O)Nc1ccc(C(C)=O)cc1. The number of ketones is 1. The van der Waals surface area contributed by atoms with E-state index in [0.29, 0.717) is 17.0 Å². The van der Waals surface area contributed by atoms with Gasteiger partial charge in [-0.1, -0.05) is 0 Å². The number of hydrogen-bond donors (Lipinski definition) is 2. The summed E-state index contributed by atoms with van der Waals surface area (Å²) in [6.07, 6.45) is 0.0917. The minimum atomic E-state index is -0.219. The molecule has 0 aliphatic heterocycles. The summed E-state index contributed by atoms with van der Waals surface area (Å²) < 4.78 is 0. The first-order valence-electron chi connectivity index (χ1n) is 4.94. The van der Waals surface area contributed by atoms with Gasteiger partial charge in [0.05, 0.1) is 6.42 Å². The van der Waals surface area contributed by atoms with E-state index in [2.05, 4.69) is 5.32 Å². The van der Waals surface area contributed by atoms with Crippen molar-refractivity contribution in [3.63, 3.8) is 0 Å². The number of rotatable bonds is 4. The summed E-state index contributed by atoms with van der Waals surface area (Å²) in [6, 6.07) is 6.67. The zero-order chi connectivity index (χ0) is 12.1. The Morgan fingerprint density at radius 3 is 2.19 bits per heavy atom. The molecule has 0 bridgehead atoms. The third-order valence-corrected chi connectivity index (χ3v) is 2.00. The average Bonchev–Trinajstić information content (AvgIpc) is 2.16. The van der Waals surface area contributed by atoms with Crippen LogP contribution in [-0.4, -0.2) is 17.4 Å². The largest absolute Gasteiger partial charge is 0.326 e. The van der Waals surface area contributed by atoms with Crippen LogP contribution in [0.3, 0.4) is 0 Å². The first-order chi connectivity index (χ1) is 7.49. The highest BCUT2D eigenvalue weighted by Crippen LogP contribution is 2.10. The number of nitrogens with one attached hydrogen (secondary N) is 2. The van der Waals surface area contributed by atoms with E-state index in [-0.39, 0.29) is 18.1 Å². The number of hydrogen-bond acceptors (Lipinski definition) is 3. The first-order valence-corrected chi connectivity index (χ1v) is 4.94. The molecule has 0 aliphatic rings. The van der Waals surface area contributed by atoms with Gasteiger partial charge in [0.15, 0.2) is 5.78 Å². The molecule has 0 unspecified atom stereocenters. The maximum absolute atomic E-state index is 11.3. The van der Waals surface area contributed by atoms with Crippen LogP contribution in [0.4, 0.5) is 5.69 Å². The summed E-state index contributed by atoms with van der Waals surface area (Å²) in [5, 5.41) is 9.82. The molecule has 0 heterocycles. The summed E-state index contributed by atoms with van der Waals surface area (Å²) in [5.41, 5.74) is 1.57. The van der Waals surface area contributed by atoms with Gasteiger partial charge >= 0.3 is 0 Å². The molecule has 0 radical (unpaired) electrons. The van der Waals surface area contributed by atoms with Crippen molar-refractivity contribution in [1.29, 1.82) is 5.41 Å². The van der Waals surface area contributed by atoms with E-state index in [1.54, 1.807) is 31.2 Å². The molecule has 0 saturated heterocycles.